The van der Waals surface area contributed by atoms with Crippen LogP contribution in [-0.4, -0.2) is 37.2 Å². The van der Waals surface area contributed by atoms with Gasteiger partial charge in [-0.2, -0.15) is 0 Å². The van der Waals surface area contributed by atoms with E-state index in [2.05, 4.69) is 0 Å². The molecule has 1 fully saturated rings. The third kappa shape index (κ3) is 5.81. The van der Waals surface area contributed by atoms with Crippen LogP contribution in [0, 0.1) is 0 Å². The van der Waals surface area contributed by atoms with Gasteiger partial charge in [0, 0.05) is 0 Å². The highest BCUT2D eigenvalue weighted by molar-refractivity contribution is 5.61. The Balaban J connectivity index is 2.47. The van der Waals surface area contributed by atoms with Crippen LogP contribution in [0.5, 0.6) is 0 Å². The highest BCUT2D eigenvalue weighted by Gasteiger charge is 2.32. The molecule has 0 aliphatic heterocycles. The van der Waals surface area contributed by atoms with E-state index in [4.69, 9.17) is 18.9 Å². The summed E-state index contributed by atoms with van der Waals surface area (Å²) >= 11 is 0. The van der Waals surface area contributed by atoms with Crippen molar-refractivity contribution in [3.63, 3.8) is 0 Å². The zero-order chi connectivity index (χ0) is 14.3. The van der Waals surface area contributed by atoms with Gasteiger partial charge in [-0.3, -0.25) is 0 Å². The molecule has 0 bridgehead atoms. The molecule has 110 valence electrons. The second-order valence-corrected chi connectivity index (χ2v) is 4.70. The second-order valence-electron chi connectivity index (χ2n) is 4.70. The molecular formula is C13H22O6. The summed E-state index contributed by atoms with van der Waals surface area (Å²) in [5, 5.41) is 0. The summed E-state index contributed by atoms with van der Waals surface area (Å²) < 4.78 is 20.0. The van der Waals surface area contributed by atoms with Crippen molar-refractivity contribution in [1.82, 2.24) is 0 Å². The van der Waals surface area contributed by atoms with E-state index in [1.54, 1.807) is 20.8 Å². The molecule has 0 aromatic rings. The van der Waals surface area contributed by atoms with Crippen molar-refractivity contribution in [2.75, 3.05) is 6.61 Å². The van der Waals surface area contributed by atoms with E-state index in [9.17, 15) is 9.59 Å². The van der Waals surface area contributed by atoms with E-state index >= 15 is 0 Å². The molecule has 19 heavy (non-hydrogen) atoms. The molecule has 6 nitrogen and oxygen atoms in total. The fraction of sp³-hybridized carbons (Fsp3) is 0.846. The van der Waals surface area contributed by atoms with Crippen LogP contribution in [0.2, 0.25) is 0 Å². The van der Waals surface area contributed by atoms with E-state index in [0.29, 0.717) is 12.8 Å². The lowest BCUT2D eigenvalue weighted by Crippen LogP contribution is -2.38. The topological polar surface area (TPSA) is 71.1 Å². The minimum absolute atomic E-state index is 0.236. The zero-order valence-corrected chi connectivity index (χ0v) is 11.7. The summed E-state index contributed by atoms with van der Waals surface area (Å²) in [7, 11) is 0. The number of rotatable bonds is 4. The van der Waals surface area contributed by atoms with Gasteiger partial charge < -0.3 is 18.9 Å². The lowest BCUT2D eigenvalue weighted by atomic mass is 9.95. The summed E-state index contributed by atoms with van der Waals surface area (Å²) in [5.74, 6) is 0. The fourth-order valence-electron chi connectivity index (χ4n) is 1.95. The molecule has 0 aromatic heterocycles. The highest BCUT2D eigenvalue weighted by atomic mass is 16.8. The molecule has 0 aromatic carbocycles. The van der Waals surface area contributed by atoms with Crippen LogP contribution in [0.25, 0.3) is 0 Å². The Kier molecular flexibility index (Phi) is 6.45. The quantitative estimate of drug-likeness (QED) is 0.734. The first-order valence-corrected chi connectivity index (χ1v) is 6.73. The van der Waals surface area contributed by atoms with Gasteiger partial charge in [-0.15, -0.1) is 0 Å². The van der Waals surface area contributed by atoms with Crippen molar-refractivity contribution in [2.24, 2.45) is 0 Å². The van der Waals surface area contributed by atoms with Crippen LogP contribution < -0.4 is 0 Å². The Bertz CT molecular complexity index is 302. The lowest BCUT2D eigenvalue weighted by molar-refractivity contribution is -0.0746. The van der Waals surface area contributed by atoms with Gasteiger partial charge in [0.25, 0.3) is 0 Å². The molecule has 0 heterocycles. The van der Waals surface area contributed by atoms with Gasteiger partial charge >= 0.3 is 12.3 Å². The molecular weight excluding hydrogens is 252 g/mol. The van der Waals surface area contributed by atoms with Gasteiger partial charge in [0.05, 0.1) is 12.7 Å². The van der Waals surface area contributed by atoms with Crippen LogP contribution in [0.1, 0.15) is 46.5 Å². The molecule has 0 amide bonds. The zero-order valence-electron chi connectivity index (χ0n) is 11.7. The fourth-order valence-corrected chi connectivity index (χ4v) is 1.95. The molecule has 6 heteroatoms. The van der Waals surface area contributed by atoms with Crippen LogP contribution in [0.15, 0.2) is 0 Å². The molecule has 1 aliphatic rings. The molecule has 2 atom stereocenters. The third-order valence-corrected chi connectivity index (χ3v) is 2.73. The first-order valence-electron chi connectivity index (χ1n) is 6.73. The summed E-state index contributed by atoms with van der Waals surface area (Å²) in [6.45, 7) is 5.45. The molecule has 1 aliphatic carbocycles. The molecule has 0 spiro atoms. The molecule has 0 N–H and O–H groups in total. The predicted octanol–water partition coefficient (Wildman–Crippen LogP) is 3.03. The average molecular weight is 274 g/mol. The normalized spacial score (nSPS) is 22.7. The Morgan fingerprint density at radius 3 is 2.05 bits per heavy atom. The number of carbonyl (C=O) groups excluding carboxylic acids is 2. The van der Waals surface area contributed by atoms with E-state index < -0.39 is 24.5 Å². The molecule has 1 rings (SSSR count). The van der Waals surface area contributed by atoms with Gasteiger partial charge in [0.15, 0.2) is 0 Å². The SMILES string of the molecule is CCOC(=O)OC1CCCCC1OC(=O)OC(C)C. The first kappa shape index (κ1) is 15.6. The van der Waals surface area contributed by atoms with Crippen LogP contribution in [0.4, 0.5) is 9.59 Å². The van der Waals surface area contributed by atoms with Crippen molar-refractivity contribution in [3.05, 3.63) is 0 Å². The number of carbonyl (C=O) groups is 2. The Labute approximate surface area is 113 Å². The molecule has 0 radical (unpaired) electrons. The third-order valence-electron chi connectivity index (χ3n) is 2.73. The van der Waals surface area contributed by atoms with E-state index in [1.807, 2.05) is 0 Å². The Morgan fingerprint density at radius 2 is 1.58 bits per heavy atom. The Hall–Kier alpha value is -1.46. The van der Waals surface area contributed by atoms with Gasteiger partial charge in [-0.25, -0.2) is 9.59 Å². The average Bonchev–Trinajstić information content (AvgIpc) is 2.30. The summed E-state index contributed by atoms with van der Waals surface area (Å²) in [5.41, 5.74) is 0. The maximum atomic E-state index is 11.5. The van der Waals surface area contributed by atoms with Crippen molar-refractivity contribution in [3.8, 4) is 0 Å². The summed E-state index contributed by atoms with van der Waals surface area (Å²) in [6.07, 6.45) is 0.610. The second kappa shape index (κ2) is 7.86. The van der Waals surface area contributed by atoms with Crippen molar-refractivity contribution in [1.29, 1.82) is 0 Å². The van der Waals surface area contributed by atoms with Crippen molar-refractivity contribution >= 4 is 12.3 Å². The number of hydrogen-bond acceptors (Lipinski definition) is 6. The molecule has 1 saturated carbocycles. The standard InChI is InChI=1S/C13H22O6/c1-4-16-12(14)18-10-7-5-6-8-11(10)19-13(15)17-9(2)3/h9-11H,4-8H2,1-3H3. The van der Waals surface area contributed by atoms with E-state index in [1.165, 1.54) is 0 Å². The molecule has 0 saturated heterocycles. The van der Waals surface area contributed by atoms with E-state index in [0.717, 1.165) is 12.8 Å². The first-order chi connectivity index (χ1) is 9.02. The minimum atomic E-state index is -0.723. The maximum Gasteiger partial charge on any atom is 0.508 e. The summed E-state index contributed by atoms with van der Waals surface area (Å²) in [4.78, 5) is 22.8. The smallest absolute Gasteiger partial charge is 0.435 e. The van der Waals surface area contributed by atoms with E-state index in [-0.39, 0.29) is 12.7 Å². The van der Waals surface area contributed by atoms with Gasteiger partial charge in [-0.05, 0) is 46.5 Å². The number of ether oxygens (including phenoxy) is 4. The molecule has 2 unspecified atom stereocenters. The minimum Gasteiger partial charge on any atom is -0.435 e. The van der Waals surface area contributed by atoms with Gasteiger partial charge in [0.2, 0.25) is 0 Å². The van der Waals surface area contributed by atoms with Gasteiger partial charge in [0.1, 0.15) is 12.2 Å². The van der Waals surface area contributed by atoms with Crippen molar-refractivity contribution in [2.45, 2.75) is 64.8 Å². The van der Waals surface area contributed by atoms with Gasteiger partial charge in [-0.1, -0.05) is 0 Å². The van der Waals surface area contributed by atoms with Crippen molar-refractivity contribution < 1.29 is 28.5 Å². The highest BCUT2D eigenvalue weighted by Crippen LogP contribution is 2.24. The van der Waals surface area contributed by atoms with Crippen LogP contribution in [0.3, 0.4) is 0 Å². The van der Waals surface area contributed by atoms with Crippen LogP contribution in [-0.2, 0) is 18.9 Å². The monoisotopic (exact) mass is 274 g/mol. The Morgan fingerprint density at radius 1 is 1.05 bits per heavy atom. The predicted molar refractivity (Wildman–Crippen MR) is 66.9 cm³/mol. The maximum absolute atomic E-state index is 11.5. The lowest BCUT2D eigenvalue weighted by Gasteiger charge is -2.30. The number of hydrogen-bond donors (Lipinski definition) is 0. The van der Waals surface area contributed by atoms with Crippen LogP contribution >= 0.6 is 0 Å². The summed E-state index contributed by atoms with van der Waals surface area (Å²) in [6, 6.07) is 0. The largest absolute Gasteiger partial charge is 0.508 e.